The minimum atomic E-state index is -4.93. The smallest absolute Gasteiger partial charge is 0.440 e. The second-order valence-electron chi connectivity index (χ2n) is 10.1. The summed E-state index contributed by atoms with van der Waals surface area (Å²) in [4.78, 5) is 7.50. The van der Waals surface area contributed by atoms with Crippen molar-refractivity contribution < 1.29 is 53.4 Å². The molecular weight excluding hydrogens is 647 g/mol. The summed E-state index contributed by atoms with van der Waals surface area (Å²) in [5, 5.41) is 9.60. The van der Waals surface area contributed by atoms with Crippen molar-refractivity contribution in [2.24, 2.45) is 0 Å². The molecule has 0 radical (unpaired) electrons. The van der Waals surface area contributed by atoms with Gasteiger partial charge in [0.1, 0.15) is 23.1 Å². The fraction of sp³-hybridized carbons (Fsp3) is 0.200. The molecule has 0 atom stereocenters. The Labute approximate surface area is 256 Å². The number of imidazole rings is 1. The minimum absolute atomic E-state index is 0.0173. The number of nitrogens with zero attached hydrogens (tertiary/aromatic N) is 3. The highest BCUT2D eigenvalue weighted by atomic mass is 32.2. The maximum absolute atomic E-state index is 15.0. The van der Waals surface area contributed by atoms with Crippen molar-refractivity contribution in [2.75, 3.05) is 6.26 Å². The van der Waals surface area contributed by atoms with Crippen molar-refractivity contribution in [1.82, 2.24) is 14.5 Å². The molecule has 16 heteroatoms. The van der Waals surface area contributed by atoms with Crippen molar-refractivity contribution in [3.63, 3.8) is 0 Å². The molecule has 0 fully saturated rings. The predicted molar refractivity (Wildman–Crippen MR) is 150 cm³/mol. The van der Waals surface area contributed by atoms with Crippen LogP contribution in [0.3, 0.4) is 0 Å². The first-order chi connectivity index (χ1) is 21.4. The lowest BCUT2D eigenvalue weighted by molar-refractivity contribution is -0.274. The lowest BCUT2D eigenvalue weighted by atomic mass is 9.97. The SMILES string of the molecule is Cc1nc(-c2ccc(OC(F)(F)F)cc2)c(-c2cc(-c3cc(F)c(CO)c(S(C)(=O)=O)c3)ccc2-n2cc(C(F)(F)F)nc2C)o1. The Hall–Kier alpha value is -4.70. The number of sulfone groups is 1. The number of benzene rings is 3. The number of alkyl halides is 6. The summed E-state index contributed by atoms with van der Waals surface area (Å²) >= 11 is 0. The average Bonchev–Trinajstić information content (AvgIpc) is 3.54. The molecule has 242 valence electrons. The number of aliphatic hydroxyl groups excluding tert-OH is 1. The molecule has 0 aliphatic heterocycles. The number of oxazole rings is 1. The first-order valence-electron chi connectivity index (χ1n) is 13.1. The molecule has 0 unspecified atom stereocenters. The van der Waals surface area contributed by atoms with E-state index in [0.29, 0.717) is 0 Å². The van der Waals surface area contributed by atoms with Gasteiger partial charge in [0.2, 0.25) is 0 Å². The van der Waals surface area contributed by atoms with E-state index >= 15 is 4.39 Å². The van der Waals surface area contributed by atoms with Gasteiger partial charge in [-0.1, -0.05) is 6.07 Å². The standard InChI is InChI=1S/C30H22F7N3O5S/c1-15-38-26(29(32,33)34)13-40(15)24-9-6-18(19-11-23(31)22(14-41)25(12-19)46(3,42)43)10-21(24)28-27(39-16(2)44-28)17-4-7-20(8-5-17)45-30(35,36)37/h4-13,41H,14H2,1-3H3. The normalized spacial score (nSPS) is 12.5. The molecule has 0 saturated carbocycles. The van der Waals surface area contributed by atoms with E-state index in [0.717, 1.165) is 41.3 Å². The molecule has 0 aliphatic rings. The van der Waals surface area contributed by atoms with Crippen LogP contribution in [-0.2, 0) is 22.6 Å². The minimum Gasteiger partial charge on any atom is -0.440 e. The Morgan fingerprint density at radius 2 is 1.57 bits per heavy atom. The van der Waals surface area contributed by atoms with E-state index in [1.807, 2.05) is 0 Å². The quantitative estimate of drug-likeness (QED) is 0.180. The third-order valence-electron chi connectivity index (χ3n) is 6.81. The van der Waals surface area contributed by atoms with Gasteiger partial charge in [-0.2, -0.15) is 13.2 Å². The number of aryl methyl sites for hydroxylation is 2. The molecule has 0 bridgehead atoms. The van der Waals surface area contributed by atoms with Crippen LogP contribution in [-0.4, -0.2) is 40.7 Å². The number of halogens is 7. The van der Waals surface area contributed by atoms with E-state index in [1.165, 1.54) is 44.2 Å². The molecule has 0 spiro atoms. The molecule has 1 N–H and O–H groups in total. The van der Waals surface area contributed by atoms with Crippen LogP contribution < -0.4 is 4.74 Å². The highest BCUT2D eigenvalue weighted by Crippen LogP contribution is 2.41. The van der Waals surface area contributed by atoms with Gasteiger partial charge in [-0.05, 0) is 66.6 Å². The predicted octanol–water partition coefficient (Wildman–Crippen LogP) is 7.43. The van der Waals surface area contributed by atoms with Gasteiger partial charge in [-0.15, -0.1) is 13.2 Å². The number of rotatable bonds is 7. The molecule has 5 aromatic rings. The van der Waals surface area contributed by atoms with Crippen LogP contribution in [0.2, 0.25) is 0 Å². The van der Waals surface area contributed by atoms with Crippen LogP contribution in [0.15, 0.2) is 70.1 Å². The van der Waals surface area contributed by atoms with Gasteiger partial charge in [0.15, 0.2) is 27.2 Å². The Balaban J connectivity index is 1.76. The van der Waals surface area contributed by atoms with Gasteiger partial charge in [0, 0.05) is 36.1 Å². The molecule has 3 aromatic carbocycles. The van der Waals surface area contributed by atoms with Crippen LogP contribution in [0, 0.1) is 19.7 Å². The summed E-state index contributed by atoms with van der Waals surface area (Å²) in [6.45, 7) is 1.91. The van der Waals surface area contributed by atoms with E-state index in [4.69, 9.17) is 4.42 Å². The van der Waals surface area contributed by atoms with Crippen LogP contribution in [0.25, 0.3) is 39.4 Å². The fourth-order valence-corrected chi connectivity index (χ4v) is 5.79. The van der Waals surface area contributed by atoms with E-state index in [2.05, 4.69) is 14.7 Å². The van der Waals surface area contributed by atoms with Crippen LogP contribution in [0.5, 0.6) is 5.75 Å². The van der Waals surface area contributed by atoms with Gasteiger partial charge >= 0.3 is 12.5 Å². The summed E-state index contributed by atoms with van der Waals surface area (Å²) in [7, 11) is -4.01. The van der Waals surface area contributed by atoms with E-state index in [9.17, 15) is 39.9 Å². The molecule has 2 aromatic heterocycles. The van der Waals surface area contributed by atoms with Crippen molar-refractivity contribution in [1.29, 1.82) is 0 Å². The molecule has 0 aliphatic carbocycles. The molecule has 46 heavy (non-hydrogen) atoms. The van der Waals surface area contributed by atoms with E-state index in [1.54, 1.807) is 0 Å². The number of aliphatic hydroxyl groups is 1. The highest BCUT2D eigenvalue weighted by molar-refractivity contribution is 7.90. The number of hydrogen-bond acceptors (Lipinski definition) is 7. The number of aromatic nitrogens is 3. The highest BCUT2D eigenvalue weighted by Gasteiger charge is 2.35. The molecule has 8 nitrogen and oxygen atoms in total. The molecule has 2 heterocycles. The Bertz CT molecular complexity index is 2050. The van der Waals surface area contributed by atoms with Gasteiger partial charge < -0.3 is 18.8 Å². The van der Waals surface area contributed by atoms with Crippen molar-refractivity contribution >= 4 is 9.84 Å². The van der Waals surface area contributed by atoms with Crippen molar-refractivity contribution in [3.8, 4) is 45.1 Å². The molecule has 0 saturated heterocycles. The van der Waals surface area contributed by atoms with Gasteiger partial charge in [0.05, 0.1) is 17.2 Å². The van der Waals surface area contributed by atoms with Gasteiger partial charge in [0.25, 0.3) is 0 Å². The monoisotopic (exact) mass is 669 g/mol. The molecule has 5 rings (SSSR count). The zero-order valence-corrected chi connectivity index (χ0v) is 24.8. The van der Waals surface area contributed by atoms with Gasteiger partial charge in [-0.3, -0.25) is 0 Å². The molecular formula is C30H22F7N3O5S. The zero-order chi connectivity index (χ0) is 33.8. The number of hydrogen-bond donors (Lipinski definition) is 1. The Kier molecular flexibility index (Phi) is 8.23. The van der Waals surface area contributed by atoms with Crippen LogP contribution >= 0.6 is 0 Å². The number of ether oxygens (including phenoxy) is 1. The summed E-state index contributed by atoms with van der Waals surface area (Å²) in [6.07, 6.45) is -8.11. The van der Waals surface area contributed by atoms with E-state index in [-0.39, 0.29) is 51.1 Å². The van der Waals surface area contributed by atoms with Crippen molar-refractivity contribution in [2.45, 2.75) is 37.9 Å². The summed E-state index contributed by atoms with van der Waals surface area (Å²) < 4.78 is 130. The molecule has 0 amide bonds. The average molecular weight is 670 g/mol. The first kappa shape index (κ1) is 32.7. The summed E-state index contributed by atoms with van der Waals surface area (Å²) in [6, 6.07) is 11.0. The Morgan fingerprint density at radius 1 is 0.913 bits per heavy atom. The fourth-order valence-electron chi connectivity index (χ4n) is 4.84. The lowest BCUT2D eigenvalue weighted by Crippen LogP contribution is -2.16. The summed E-state index contributed by atoms with van der Waals surface area (Å²) in [5.74, 6) is -1.51. The maximum atomic E-state index is 15.0. The Morgan fingerprint density at radius 3 is 2.13 bits per heavy atom. The van der Waals surface area contributed by atoms with E-state index < -0.39 is 56.7 Å². The summed E-state index contributed by atoms with van der Waals surface area (Å²) in [5.41, 5.74) is -0.810. The zero-order valence-electron chi connectivity index (χ0n) is 24.0. The topological polar surface area (TPSA) is 107 Å². The van der Waals surface area contributed by atoms with Gasteiger partial charge in [-0.25, -0.2) is 22.8 Å². The third kappa shape index (κ3) is 6.62. The van der Waals surface area contributed by atoms with Crippen LogP contribution in [0.4, 0.5) is 30.7 Å². The van der Waals surface area contributed by atoms with Crippen LogP contribution in [0.1, 0.15) is 23.0 Å². The third-order valence-corrected chi connectivity index (χ3v) is 7.98. The second kappa shape index (κ2) is 11.6. The largest absolute Gasteiger partial charge is 0.573 e. The first-order valence-corrected chi connectivity index (χ1v) is 15.0. The lowest BCUT2D eigenvalue weighted by Gasteiger charge is -2.15. The second-order valence-corrected chi connectivity index (χ2v) is 12.1. The van der Waals surface area contributed by atoms with Crippen molar-refractivity contribution in [3.05, 3.63) is 89.6 Å². The maximum Gasteiger partial charge on any atom is 0.573 e.